The van der Waals surface area contributed by atoms with Crippen LogP contribution in [0.1, 0.15) is 0 Å². The van der Waals surface area contributed by atoms with E-state index in [1.54, 1.807) is 28.4 Å². The van der Waals surface area contributed by atoms with E-state index in [2.05, 4.69) is 41.9 Å². The standard InChI is InChI=1S/C13H10Br2N4S/c1-19-13(16)10(7-2-4-17-5-3-7)11(18-19)8-6-9(14)20-12(8)15/h2-6H,16H2,1H3. The van der Waals surface area contributed by atoms with Gasteiger partial charge in [-0.15, -0.1) is 11.3 Å². The first-order valence-corrected chi connectivity index (χ1v) is 8.16. The largest absolute Gasteiger partial charge is 0.383 e. The molecule has 0 fully saturated rings. The van der Waals surface area contributed by atoms with Crippen LogP contribution in [0.2, 0.25) is 0 Å². The molecule has 4 nitrogen and oxygen atoms in total. The van der Waals surface area contributed by atoms with Gasteiger partial charge < -0.3 is 5.73 Å². The fourth-order valence-corrected chi connectivity index (χ4v) is 4.84. The molecular formula is C13H10Br2N4S. The highest BCUT2D eigenvalue weighted by Gasteiger charge is 2.20. The quantitative estimate of drug-likeness (QED) is 0.680. The van der Waals surface area contributed by atoms with Crippen LogP contribution in [0.4, 0.5) is 5.82 Å². The molecule has 0 spiro atoms. The molecule has 0 radical (unpaired) electrons. The Morgan fingerprint density at radius 3 is 2.55 bits per heavy atom. The van der Waals surface area contributed by atoms with Crippen molar-refractivity contribution in [2.45, 2.75) is 0 Å². The van der Waals surface area contributed by atoms with Gasteiger partial charge in [0, 0.05) is 25.0 Å². The molecule has 3 rings (SSSR count). The monoisotopic (exact) mass is 412 g/mol. The van der Waals surface area contributed by atoms with E-state index >= 15 is 0 Å². The summed E-state index contributed by atoms with van der Waals surface area (Å²) in [5.74, 6) is 0.639. The van der Waals surface area contributed by atoms with Gasteiger partial charge in [-0.25, -0.2) is 0 Å². The summed E-state index contributed by atoms with van der Waals surface area (Å²) in [4.78, 5) is 4.05. The van der Waals surface area contributed by atoms with Crippen molar-refractivity contribution >= 4 is 49.0 Å². The maximum absolute atomic E-state index is 6.19. The van der Waals surface area contributed by atoms with Crippen LogP contribution in [0.5, 0.6) is 0 Å². The van der Waals surface area contributed by atoms with Crippen LogP contribution >= 0.6 is 43.2 Å². The number of nitrogen functional groups attached to an aromatic ring is 1. The fraction of sp³-hybridized carbons (Fsp3) is 0.0769. The SMILES string of the molecule is Cn1nc(-c2cc(Br)sc2Br)c(-c2ccncc2)c1N. The Kier molecular flexibility index (Phi) is 3.66. The van der Waals surface area contributed by atoms with E-state index in [-0.39, 0.29) is 0 Å². The van der Waals surface area contributed by atoms with Crippen LogP contribution in [0, 0.1) is 0 Å². The maximum Gasteiger partial charge on any atom is 0.129 e. The summed E-state index contributed by atoms with van der Waals surface area (Å²) in [7, 11) is 1.85. The van der Waals surface area contributed by atoms with Crippen LogP contribution < -0.4 is 5.73 Å². The second kappa shape index (κ2) is 5.31. The minimum Gasteiger partial charge on any atom is -0.383 e. The maximum atomic E-state index is 6.19. The van der Waals surface area contributed by atoms with E-state index in [4.69, 9.17) is 5.73 Å². The van der Waals surface area contributed by atoms with E-state index in [1.165, 1.54) is 0 Å². The Morgan fingerprint density at radius 2 is 1.95 bits per heavy atom. The molecule has 0 saturated carbocycles. The van der Waals surface area contributed by atoms with Crippen LogP contribution in [0.25, 0.3) is 22.4 Å². The number of aryl methyl sites for hydroxylation is 1. The molecule has 7 heteroatoms. The molecule has 102 valence electrons. The van der Waals surface area contributed by atoms with Crippen LogP contribution in [0.15, 0.2) is 38.2 Å². The lowest BCUT2D eigenvalue weighted by molar-refractivity contribution is 0.782. The second-order valence-corrected chi connectivity index (χ2v) is 7.96. The Labute approximate surface area is 136 Å². The zero-order chi connectivity index (χ0) is 14.3. The summed E-state index contributed by atoms with van der Waals surface area (Å²) in [5.41, 5.74) is 10.0. The number of nitrogens with two attached hydrogens (primary N) is 1. The van der Waals surface area contributed by atoms with E-state index in [9.17, 15) is 0 Å². The van der Waals surface area contributed by atoms with E-state index < -0.39 is 0 Å². The first-order chi connectivity index (χ1) is 9.58. The molecule has 2 N–H and O–H groups in total. The zero-order valence-electron chi connectivity index (χ0n) is 10.5. The van der Waals surface area contributed by atoms with Gasteiger partial charge >= 0.3 is 0 Å². The van der Waals surface area contributed by atoms with Gasteiger partial charge in [-0.1, -0.05) is 0 Å². The van der Waals surface area contributed by atoms with Gasteiger partial charge in [0.1, 0.15) is 11.5 Å². The van der Waals surface area contributed by atoms with Gasteiger partial charge in [0.15, 0.2) is 0 Å². The lowest BCUT2D eigenvalue weighted by Gasteiger charge is -2.03. The summed E-state index contributed by atoms with van der Waals surface area (Å²) in [6.07, 6.45) is 3.51. The van der Waals surface area contributed by atoms with Crippen LogP contribution in [-0.2, 0) is 7.05 Å². The number of rotatable bonds is 2. The van der Waals surface area contributed by atoms with Gasteiger partial charge in [-0.05, 0) is 55.6 Å². The number of aromatic nitrogens is 3. The van der Waals surface area contributed by atoms with Crippen molar-refractivity contribution in [3.63, 3.8) is 0 Å². The van der Waals surface area contributed by atoms with Gasteiger partial charge in [0.2, 0.25) is 0 Å². The third kappa shape index (κ3) is 2.30. The van der Waals surface area contributed by atoms with Crippen molar-refractivity contribution in [1.82, 2.24) is 14.8 Å². The minimum atomic E-state index is 0.639. The van der Waals surface area contributed by atoms with Crippen molar-refractivity contribution < 1.29 is 0 Å². The molecular weight excluding hydrogens is 404 g/mol. The number of nitrogens with zero attached hydrogens (tertiary/aromatic N) is 3. The molecule has 0 atom stereocenters. The molecule has 20 heavy (non-hydrogen) atoms. The summed E-state index contributed by atoms with van der Waals surface area (Å²) in [6.45, 7) is 0. The zero-order valence-corrected chi connectivity index (χ0v) is 14.5. The first-order valence-electron chi connectivity index (χ1n) is 5.76. The fourth-order valence-electron chi connectivity index (χ4n) is 2.03. The molecule has 3 aromatic rings. The van der Waals surface area contributed by atoms with E-state index in [1.807, 2.05) is 25.2 Å². The minimum absolute atomic E-state index is 0.639. The number of hydrogen-bond donors (Lipinski definition) is 1. The van der Waals surface area contributed by atoms with Gasteiger partial charge in [0.25, 0.3) is 0 Å². The predicted octanol–water partition coefficient (Wildman–Crippen LogP) is 4.32. The Bertz CT molecular complexity index is 764. The number of pyridine rings is 1. The molecule has 0 bridgehead atoms. The molecule has 0 saturated heterocycles. The molecule has 0 aliphatic heterocycles. The lowest BCUT2D eigenvalue weighted by atomic mass is 10.0. The third-order valence-corrected chi connectivity index (χ3v) is 5.31. The van der Waals surface area contributed by atoms with Crippen LogP contribution in [0.3, 0.4) is 0 Å². The Morgan fingerprint density at radius 1 is 1.25 bits per heavy atom. The number of anilines is 1. The molecule has 3 heterocycles. The molecule has 0 aliphatic rings. The topological polar surface area (TPSA) is 56.7 Å². The molecule has 0 aliphatic carbocycles. The summed E-state index contributed by atoms with van der Waals surface area (Å²) >= 11 is 8.69. The normalized spacial score (nSPS) is 10.9. The van der Waals surface area contributed by atoms with Crippen molar-refractivity contribution in [3.8, 4) is 22.4 Å². The summed E-state index contributed by atoms with van der Waals surface area (Å²) in [5, 5.41) is 4.56. The molecule has 3 aromatic heterocycles. The van der Waals surface area contributed by atoms with Gasteiger partial charge in [0.05, 0.1) is 13.1 Å². The second-order valence-electron chi connectivity index (χ2n) is 4.21. The summed E-state index contributed by atoms with van der Waals surface area (Å²) < 4.78 is 3.77. The molecule has 0 amide bonds. The van der Waals surface area contributed by atoms with Crippen molar-refractivity contribution in [2.75, 3.05) is 5.73 Å². The van der Waals surface area contributed by atoms with Crippen molar-refractivity contribution in [1.29, 1.82) is 0 Å². The highest BCUT2D eigenvalue weighted by molar-refractivity contribution is 9.12. The van der Waals surface area contributed by atoms with Crippen molar-refractivity contribution in [3.05, 3.63) is 38.2 Å². The molecule has 0 aromatic carbocycles. The third-order valence-electron chi connectivity index (χ3n) is 2.97. The summed E-state index contributed by atoms with van der Waals surface area (Å²) in [6, 6.07) is 5.92. The van der Waals surface area contributed by atoms with Gasteiger partial charge in [-0.3, -0.25) is 9.67 Å². The van der Waals surface area contributed by atoms with Crippen LogP contribution in [-0.4, -0.2) is 14.8 Å². The average molecular weight is 414 g/mol. The number of hydrogen-bond acceptors (Lipinski definition) is 4. The van der Waals surface area contributed by atoms with E-state index in [0.717, 1.165) is 30.0 Å². The first kappa shape index (κ1) is 13.8. The smallest absolute Gasteiger partial charge is 0.129 e. The highest BCUT2D eigenvalue weighted by Crippen LogP contribution is 2.43. The Hall–Kier alpha value is -1.18. The highest BCUT2D eigenvalue weighted by atomic mass is 79.9. The average Bonchev–Trinajstić information content (AvgIpc) is 2.91. The van der Waals surface area contributed by atoms with E-state index in [0.29, 0.717) is 5.82 Å². The predicted molar refractivity (Wildman–Crippen MR) is 89.6 cm³/mol. The number of halogens is 2. The molecule has 0 unspecified atom stereocenters. The number of thiophene rings is 1. The van der Waals surface area contributed by atoms with Crippen molar-refractivity contribution in [2.24, 2.45) is 7.05 Å². The Balaban J connectivity index is 2.28. The lowest BCUT2D eigenvalue weighted by Crippen LogP contribution is -1.97. The van der Waals surface area contributed by atoms with Gasteiger partial charge in [-0.2, -0.15) is 5.10 Å².